The standard InChI is InChI=1S/C15H19N3O/c16-10-15(14-5-1-2-8-17-14)18(12-6-7-12)11-13-4-3-9-19-13/h1-5,8-9,12,15H,6-7,10-11,16H2. The van der Waals surface area contributed by atoms with Crippen molar-refractivity contribution in [3.8, 4) is 0 Å². The van der Waals surface area contributed by atoms with E-state index < -0.39 is 0 Å². The van der Waals surface area contributed by atoms with Crippen LogP contribution in [0.2, 0.25) is 0 Å². The molecule has 0 radical (unpaired) electrons. The molecule has 0 saturated heterocycles. The van der Waals surface area contributed by atoms with Gasteiger partial charge in [0.05, 0.1) is 24.5 Å². The average Bonchev–Trinajstić information content (AvgIpc) is 3.17. The van der Waals surface area contributed by atoms with Gasteiger partial charge in [0.15, 0.2) is 0 Å². The number of rotatable bonds is 6. The van der Waals surface area contributed by atoms with Crippen LogP contribution in [0.5, 0.6) is 0 Å². The molecule has 4 nitrogen and oxygen atoms in total. The molecule has 100 valence electrons. The fourth-order valence-corrected chi connectivity index (χ4v) is 2.48. The molecule has 4 heteroatoms. The van der Waals surface area contributed by atoms with Gasteiger partial charge in [-0.2, -0.15) is 0 Å². The highest BCUT2D eigenvalue weighted by Gasteiger charge is 2.35. The largest absolute Gasteiger partial charge is 0.468 e. The normalized spacial score (nSPS) is 16.7. The van der Waals surface area contributed by atoms with Crippen LogP contribution in [0.4, 0.5) is 0 Å². The van der Waals surface area contributed by atoms with Gasteiger partial charge in [-0.1, -0.05) is 6.07 Å². The van der Waals surface area contributed by atoms with E-state index in [1.165, 1.54) is 12.8 Å². The third-order valence-electron chi connectivity index (χ3n) is 3.59. The van der Waals surface area contributed by atoms with Crippen molar-refractivity contribution in [1.29, 1.82) is 0 Å². The van der Waals surface area contributed by atoms with Gasteiger partial charge in [-0.25, -0.2) is 0 Å². The zero-order chi connectivity index (χ0) is 13.1. The zero-order valence-electron chi connectivity index (χ0n) is 10.9. The molecule has 0 amide bonds. The van der Waals surface area contributed by atoms with E-state index in [-0.39, 0.29) is 6.04 Å². The lowest BCUT2D eigenvalue weighted by Crippen LogP contribution is -2.35. The molecule has 2 N–H and O–H groups in total. The van der Waals surface area contributed by atoms with Crippen molar-refractivity contribution in [2.45, 2.75) is 31.5 Å². The maximum absolute atomic E-state index is 5.99. The summed E-state index contributed by atoms with van der Waals surface area (Å²) in [6.45, 7) is 1.38. The summed E-state index contributed by atoms with van der Waals surface area (Å²) in [4.78, 5) is 6.88. The molecule has 1 unspecified atom stereocenters. The number of furan rings is 1. The van der Waals surface area contributed by atoms with E-state index in [4.69, 9.17) is 10.2 Å². The third kappa shape index (κ3) is 2.85. The van der Waals surface area contributed by atoms with Gasteiger partial charge in [0.25, 0.3) is 0 Å². The van der Waals surface area contributed by atoms with E-state index in [2.05, 4.69) is 16.0 Å². The summed E-state index contributed by atoms with van der Waals surface area (Å²) >= 11 is 0. The van der Waals surface area contributed by atoms with Crippen molar-refractivity contribution in [1.82, 2.24) is 9.88 Å². The molecule has 1 aliphatic carbocycles. The zero-order valence-corrected chi connectivity index (χ0v) is 10.9. The molecule has 1 saturated carbocycles. The van der Waals surface area contributed by atoms with Crippen LogP contribution in [-0.2, 0) is 6.54 Å². The Morgan fingerprint density at radius 2 is 2.21 bits per heavy atom. The van der Waals surface area contributed by atoms with Gasteiger partial charge in [0, 0.05) is 18.8 Å². The number of hydrogen-bond acceptors (Lipinski definition) is 4. The molecule has 1 atom stereocenters. The summed E-state index contributed by atoms with van der Waals surface area (Å²) in [5, 5.41) is 0. The Bertz CT molecular complexity index is 493. The number of aromatic nitrogens is 1. The monoisotopic (exact) mass is 257 g/mol. The first-order valence-corrected chi connectivity index (χ1v) is 6.77. The molecule has 0 bridgehead atoms. The van der Waals surface area contributed by atoms with Crippen LogP contribution in [0.3, 0.4) is 0 Å². The van der Waals surface area contributed by atoms with Crippen LogP contribution in [0, 0.1) is 0 Å². The van der Waals surface area contributed by atoms with Crippen LogP contribution in [0.1, 0.15) is 30.3 Å². The lowest BCUT2D eigenvalue weighted by Gasteiger charge is -2.29. The summed E-state index contributed by atoms with van der Waals surface area (Å²) in [7, 11) is 0. The summed E-state index contributed by atoms with van der Waals surface area (Å²) in [6, 6.07) is 10.7. The van der Waals surface area contributed by atoms with E-state index in [0.717, 1.165) is 18.0 Å². The van der Waals surface area contributed by atoms with Crippen LogP contribution < -0.4 is 5.73 Å². The summed E-state index contributed by atoms with van der Waals surface area (Å²) < 4.78 is 5.47. The van der Waals surface area contributed by atoms with E-state index in [9.17, 15) is 0 Å². The Kier molecular flexibility index (Phi) is 3.62. The minimum Gasteiger partial charge on any atom is -0.468 e. The molecule has 1 fully saturated rings. The van der Waals surface area contributed by atoms with Gasteiger partial charge in [-0.3, -0.25) is 9.88 Å². The van der Waals surface area contributed by atoms with Crippen molar-refractivity contribution < 1.29 is 4.42 Å². The maximum Gasteiger partial charge on any atom is 0.117 e. The average molecular weight is 257 g/mol. The first kappa shape index (κ1) is 12.4. The smallest absolute Gasteiger partial charge is 0.117 e. The van der Waals surface area contributed by atoms with E-state index in [1.807, 2.05) is 30.5 Å². The van der Waals surface area contributed by atoms with Gasteiger partial charge < -0.3 is 10.2 Å². The molecule has 0 aliphatic heterocycles. The van der Waals surface area contributed by atoms with Gasteiger partial charge in [0.1, 0.15) is 5.76 Å². The highest BCUT2D eigenvalue weighted by Crippen LogP contribution is 2.34. The molecule has 19 heavy (non-hydrogen) atoms. The SMILES string of the molecule is NCC(c1ccccn1)N(Cc1ccco1)C1CC1. The fraction of sp³-hybridized carbons (Fsp3) is 0.400. The van der Waals surface area contributed by atoms with Crippen LogP contribution in [-0.4, -0.2) is 22.5 Å². The molecular weight excluding hydrogens is 238 g/mol. The van der Waals surface area contributed by atoms with Gasteiger partial charge in [-0.05, 0) is 37.1 Å². The Balaban J connectivity index is 1.81. The molecule has 2 heterocycles. The predicted octanol–water partition coefficient (Wildman–Crippen LogP) is 2.34. The Hall–Kier alpha value is -1.65. The second-order valence-electron chi connectivity index (χ2n) is 4.99. The predicted molar refractivity (Wildman–Crippen MR) is 73.3 cm³/mol. The Morgan fingerprint density at radius 1 is 1.32 bits per heavy atom. The van der Waals surface area contributed by atoms with E-state index in [1.54, 1.807) is 6.26 Å². The number of pyridine rings is 1. The molecule has 3 rings (SSSR count). The molecule has 0 spiro atoms. The third-order valence-corrected chi connectivity index (χ3v) is 3.59. The summed E-state index contributed by atoms with van der Waals surface area (Å²) in [5.74, 6) is 0.987. The number of hydrogen-bond donors (Lipinski definition) is 1. The highest BCUT2D eigenvalue weighted by atomic mass is 16.3. The van der Waals surface area contributed by atoms with Crippen molar-refractivity contribution >= 4 is 0 Å². The lowest BCUT2D eigenvalue weighted by molar-refractivity contribution is 0.165. The second kappa shape index (κ2) is 5.55. The van der Waals surface area contributed by atoms with Crippen molar-refractivity contribution in [3.05, 3.63) is 54.2 Å². The Morgan fingerprint density at radius 3 is 2.79 bits per heavy atom. The van der Waals surface area contributed by atoms with E-state index in [0.29, 0.717) is 12.6 Å². The van der Waals surface area contributed by atoms with Crippen LogP contribution in [0.25, 0.3) is 0 Å². The van der Waals surface area contributed by atoms with Crippen molar-refractivity contribution in [3.63, 3.8) is 0 Å². The summed E-state index contributed by atoms with van der Waals surface area (Å²) in [5.41, 5.74) is 7.03. The Labute approximate surface area is 113 Å². The van der Waals surface area contributed by atoms with Crippen LogP contribution in [0.15, 0.2) is 47.2 Å². The first-order chi connectivity index (χ1) is 9.38. The van der Waals surface area contributed by atoms with E-state index >= 15 is 0 Å². The minimum atomic E-state index is 0.166. The second-order valence-corrected chi connectivity index (χ2v) is 4.99. The molecule has 1 aliphatic rings. The van der Waals surface area contributed by atoms with Crippen molar-refractivity contribution in [2.75, 3.05) is 6.54 Å². The highest BCUT2D eigenvalue weighted by molar-refractivity contribution is 5.12. The first-order valence-electron chi connectivity index (χ1n) is 6.77. The lowest BCUT2D eigenvalue weighted by atomic mass is 10.1. The van der Waals surface area contributed by atoms with Crippen molar-refractivity contribution in [2.24, 2.45) is 5.73 Å². The molecule has 0 aromatic carbocycles. The number of nitrogens with zero attached hydrogens (tertiary/aromatic N) is 2. The van der Waals surface area contributed by atoms with Gasteiger partial charge in [-0.15, -0.1) is 0 Å². The van der Waals surface area contributed by atoms with Gasteiger partial charge in [0.2, 0.25) is 0 Å². The van der Waals surface area contributed by atoms with Crippen LogP contribution >= 0.6 is 0 Å². The molecule has 2 aromatic heterocycles. The fourth-order valence-electron chi connectivity index (χ4n) is 2.48. The quantitative estimate of drug-likeness (QED) is 0.863. The van der Waals surface area contributed by atoms with Gasteiger partial charge >= 0.3 is 0 Å². The number of nitrogens with two attached hydrogens (primary N) is 1. The maximum atomic E-state index is 5.99. The summed E-state index contributed by atoms with van der Waals surface area (Å²) in [6.07, 6.45) is 6.03. The topological polar surface area (TPSA) is 55.3 Å². The minimum absolute atomic E-state index is 0.166. The molecular formula is C15H19N3O. The molecule has 2 aromatic rings.